The second-order valence-electron chi connectivity index (χ2n) is 7.17. The predicted octanol–water partition coefficient (Wildman–Crippen LogP) is 3.97. The molecule has 144 valence electrons. The summed E-state index contributed by atoms with van der Waals surface area (Å²) < 4.78 is 5.48. The summed E-state index contributed by atoms with van der Waals surface area (Å²) >= 11 is 6.23. The number of halogens is 1. The Balaban J connectivity index is 1.50. The van der Waals surface area contributed by atoms with Crippen LogP contribution in [0.15, 0.2) is 53.1 Å². The molecule has 0 bridgehead atoms. The molecule has 0 radical (unpaired) electrons. The first-order valence-electron chi connectivity index (χ1n) is 9.14. The van der Waals surface area contributed by atoms with Crippen LogP contribution in [0.4, 0.5) is 5.69 Å². The average molecular weight is 397 g/mol. The van der Waals surface area contributed by atoms with Crippen molar-refractivity contribution >= 4 is 23.2 Å². The molecule has 0 aliphatic carbocycles. The highest BCUT2D eigenvalue weighted by atomic mass is 35.5. The Morgan fingerprint density at radius 2 is 2.04 bits per heavy atom. The van der Waals surface area contributed by atoms with E-state index in [0.29, 0.717) is 36.2 Å². The van der Waals surface area contributed by atoms with E-state index >= 15 is 0 Å². The van der Waals surface area contributed by atoms with Crippen LogP contribution in [-0.4, -0.2) is 41.6 Å². The van der Waals surface area contributed by atoms with E-state index in [4.69, 9.17) is 16.1 Å². The number of hydrogen-bond donors (Lipinski definition) is 0. The van der Waals surface area contributed by atoms with Gasteiger partial charge in [0.2, 0.25) is 5.91 Å². The summed E-state index contributed by atoms with van der Waals surface area (Å²) in [6.45, 7) is 1.05. The zero-order chi connectivity index (χ0) is 19.7. The molecule has 0 saturated carbocycles. The van der Waals surface area contributed by atoms with E-state index in [2.05, 4.69) is 10.1 Å². The summed E-state index contributed by atoms with van der Waals surface area (Å²) in [7, 11) is 3.96. The first-order valence-corrected chi connectivity index (χ1v) is 9.51. The van der Waals surface area contributed by atoms with Gasteiger partial charge in [-0.15, -0.1) is 0 Å². The first-order chi connectivity index (χ1) is 13.5. The van der Waals surface area contributed by atoms with Gasteiger partial charge in [0.1, 0.15) is 0 Å². The van der Waals surface area contributed by atoms with E-state index < -0.39 is 0 Å². The molecule has 2 heterocycles. The first kappa shape index (κ1) is 18.5. The lowest BCUT2D eigenvalue weighted by Crippen LogP contribution is -2.24. The van der Waals surface area contributed by atoms with Gasteiger partial charge in [0.05, 0.1) is 0 Å². The zero-order valence-electron chi connectivity index (χ0n) is 15.8. The van der Waals surface area contributed by atoms with Crippen LogP contribution in [0, 0.1) is 0 Å². The lowest BCUT2D eigenvalue weighted by molar-refractivity contribution is -0.128. The number of carbonyl (C=O) groups is 1. The summed E-state index contributed by atoms with van der Waals surface area (Å²) in [6.07, 6.45) is 0.376. The van der Waals surface area contributed by atoms with Crippen LogP contribution in [0.3, 0.4) is 0 Å². The molecule has 1 aliphatic heterocycles. The Hall–Kier alpha value is -2.86. The minimum Gasteiger partial charge on any atom is -0.378 e. The highest BCUT2D eigenvalue weighted by molar-refractivity contribution is 6.31. The number of hydrogen-bond acceptors (Lipinski definition) is 5. The van der Waals surface area contributed by atoms with E-state index in [9.17, 15) is 4.79 Å². The number of carbonyl (C=O) groups excluding carboxylic acids is 1. The number of nitrogens with zero attached hydrogens (tertiary/aromatic N) is 4. The van der Waals surface area contributed by atoms with Crippen LogP contribution in [0.5, 0.6) is 0 Å². The van der Waals surface area contributed by atoms with Gasteiger partial charge in [-0.3, -0.25) is 4.79 Å². The second kappa shape index (κ2) is 7.64. The van der Waals surface area contributed by atoms with Crippen molar-refractivity contribution in [2.75, 3.05) is 25.5 Å². The smallest absolute Gasteiger partial charge is 0.258 e. The molecule has 6 nitrogen and oxygen atoms in total. The molecule has 1 saturated heterocycles. The van der Waals surface area contributed by atoms with Gasteiger partial charge in [-0.1, -0.05) is 41.0 Å². The van der Waals surface area contributed by atoms with E-state index in [0.717, 1.165) is 16.8 Å². The molecule has 0 spiro atoms. The molecule has 1 atom stereocenters. The monoisotopic (exact) mass is 396 g/mol. The third-order valence-corrected chi connectivity index (χ3v) is 5.32. The van der Waals surface area contributed by atoms with Crippen molar-refractivity contribution in [3.05, 3.63) is 64.9 Å². The van der Waals surface area contributed by atoms with Crippen LogP contribution in [-0.2, 0) is 11.3 Å². The lowest BCUT2D eigenvalue weighted by atomic mass is 10.1. The Bertz CT molecular complexity index is 1000. The van der Waals surface area contributed by atoms with E-state index in [1.807, 2.05) is 67.5 Å². The topological polar surface area (TPSA) is 62.5 Å². The average Bonchev–Trinajstić information content (AvgIpc) is 3.31. The van der Waals surface area contributed by atoms with Crippen molar-refractivity contribution in [3.8, 4) is 11.5 Å². The third-order valence-electron chi connectivity index (χ3n) is 4.95. The van der Waals surface area contributed by atoms with Crippen molar-refractivity contribution in [1.29, 1.82) is 0 Å². The van der Waals surface area contributed by atoms with Crippen LogP contribution < -0.4 is 4.90 Å². The fraction of sp³-hybridized carbons (Fsp3) is 0.286. The molecule has 1 aliphatic rings. The SMILES string of the molecule is CN(C)c1cccc(-c2nc(C3CC(=O)N(Cc4ccccc4Cl)C3)no2)c1. The van der Waals surface area contributed by atoms with E-state index in [1.54, 1.807) is 4.90 Å². The van der Waals surface area contributed by atoms with Crippen molar-refractivity contribution in [2.45, 2.75) is 18.9 Å². The molecule has 2 aromatic carbocycles. The summed E-state index contributed by atoms with van der Waals surface area (Å²) in [5.74, 6) is 1.03. The van der Waals surface area contributed by atoms with Gasteiger partial charge in [-0.05, 0) is 29.8 Å². The molecule has 7 heteroatoms. The van der Waals surface area contributed by atoms with Crippen LogP contribution in [0.1, 0.15) is 23.7 Å². The Morgan fingerprint density at radius 3 is 2.82 bits per heavy atom. The predicted molar refractivity (Wildman–Crippen MR) is 108 cm³/mol. The van der Waals surface area contributed by atoms with Gasteiger partial charge in [0.15, 0.2) is 5.82 Å². The zero-order valence-corrected chi connectivity index (χ0v) is 16.6. The molecular formula is C21H21ClN4O2. The minimum absolute atomic E-state index is 0.0749. The number of amides is 1. The Morgan fingerprint density at radius 1 is 1.21 bits per heavy atom. The van der Waals surface area contributed by atoms with Gasteiger partial charge in [-0.2, -0.15) is 4.98 Å². The fourth-order valence-electron chi connectivity index (χ4n) is 3.37. The van der Waals surface area contributed by atoms with E-state index in [1.165, 1.54) is 0 Å². The molecule has 1 amide bonds. The second-order valence-corrected chi connectivity index (χ2v) is 7.58. The standard InChI is InChI=1S/C21H21ClN4O2/c1-25(2)17-8-5-7-14(10-17)21-23-20(24-28-21)16-11-19(27)26(13-16)12-15-6-3-4-9-18(15)22/h3-10,16H,11-13H2,1-2H3. The Labute approximate surface area is 168 Å². The number of benzene rings is 2. The quantitative estimate of drug-likeness (QED) is 0.653. The molecule has 1 aromatic heterocycles. The van der Waals surface area contributed by atoms with Crippen molar-refractivity contribution in [2.24, 2.45) is 0 Å². The van der Waals surface area contributed by atoms with Gasteiger partial charge in [0, 0.05) is 55.8 Å². The van der Waals surface area contributed by atoms with Gasteiger partial charge in [-0.25, -0.2) is 0 Å². The molecule has 1 unspecified atom stereocenters. The van der Waals surface area contributed by atoms with Crippen molar-refractivity contribution < 1.29 is 9.32 Å². The van der Waals surface area contributed by atoms with Crippen LogP contribution in [0.25, 0.3) is 11.5 Å². The fourth-order valence-corrected chi connectivity index (χ4v) is 3.56. The summed E-state index contributed by atoms with van der Waals surface area (Å²) in [5.41, 5.74) is 2.86. The van der Waals surface area contributed by atoms with Crippen LogP contribution >= 0.6 is 11.6 Å². The van der Waals surface area contributed by atoms with Gasteiger partial charge in [0.25, 0.3) is 5.89 Å². The molecule has 1 fully saturated rings. The molecule has 28 heavy (non-hydrogen) atoms. The van der Waals surface area contributed by atoms with Crippen LogP contribution in [0.2, 0.25) is 5.02 Å². The molecule has 0 N–H and O–H groups in total. The maximum atomic E-state index is 12.5. The maximum absolute atomic E-state index is 12.5. The number of likely N-dealkylation sites (tertiary alicyclic amines) is 1. The normalized spacial score (nSPS) is 16.6. The van der Waals surface area contributed by atoms with Gasteiger partial charge < -0.3 is 14.3 Å². The summed E-state index contributed by atoms with van der Waals surface area (Å²) in [5, 5.41) is 4.81. The Kier molecular flexibility index (Phi) is 5.05. The minimum atomic E-state index is -0.0791. The summed E-state index contributed by atoms with van der Waals surface area (Å²) in [4.78, 5) is 20.8. The van der Waals surface area contributed by atoms with Gasteiger partial charge >= 0.3 is 0 Å². The highest BCUT2D eigenvalue weighted by Gasteiger charge is 2.34. The maximum Gasteiger partial charge on any atom is 0.258 e. The number of anilines is 1. The molecular weight excluding hydrogens is 376 g/mol. The third kappa shape index (κ3) is 3.73. The lowest BCUT2D eigenvalue weighted by Gasteiger charge is -2.16. The largest absolute Gasteiger partial charge is 0.378 e. The summed E-state index contributed by atoms with van der Waals surface area (Å²) in [6, 6.07) is 15.5. The highest BCUT2D eigenvalue weighted by Crippen LogP contribution is 2.30. The van der Waals surface area contributed by atoms with Crippen molar-refractivity contribution in [3.63, 3.8) is 0 Å². The number of rotatable bonds is 5. The van der Waals surface area contributed by atoms with E-state index in [-0.39, 0.29) is 11.8 Å². The number of aromatic nitrogens is 2. The molecule has 4 rings (SSSR count). The molecule has 3 aromatic rings. The van der Waals surface area contributed by atoms with Crippen molar-refractivity contribution in [1.82, 2.24) is 15.0 Å².